The van der Waals surface area contributed by atoms with Crippen molar-refractivity contribution < 1.29 is 0 Å². The summed E-state index contributed by atoms with van der Waals surface area (Å²) in [6, 6.07) is 17.8. The normalized spacial score (nSPS) is 20.2. The summed E-state index contributed by atoms with van der Waals surface area (Å²) in [7, 11) is 0. The van der Waals surface area contributed by atoms with E-state index in [1.54, 1.807) is 0 Å². The minimum Gasteiger partial charge on any atom is -0.339 e. The lowest BCUT2D eigenvalue weighted by molar-refractivity contribution is 0.176. The number of hydrogen-bond donors (Lipinski definition) is 0. The number of likely N-dealkylation sites (tertiary alicyclic amines) is 1. The van der Waals surface area contributed by atoms with Crippen LogP contribution in [0, 0.1) is 5.92 Å². The van der Waals surface area contributed by atoms with E-state index in [1.807, 2.05) is 11.8 Å². The predicted octanol–water partition coefficient (Wildman–Crippen LogP) is 5.80. The Morgan fingerprint density at radius 3 is 2.36 bits per heavy atom. The van der Waals surface area contributed by atoms with E-state index in [0.717, 1.165) is 12.5 Å². The number of nitrogens with zero attached hydrogens (tertiary/aromatic N) is 2. The van der Waals surface area contributed by atoms with Crippen LogP contribution in [0.15, 0.2) is 58.3 Å². The number of anilines is 2. The molecule has 0 N–H and O–H groups in total. The van der Waals surface area contributed by atoms with Crippen LogP contribution in [0.3, 0.4) is 0 Å². The van der Waals surface area contributed by atoms with Crippen LogP contribution in [0.2, 0.25) is 0 Å². The predicted molar refractivity (Wildman–Crippen MR) is 108 cm³/mol. The van der Waals surface area contributed by atoms with Crippen molar-refractivity contribution in [2.24, 2.45) is 5.92 Å². The Morgan fingerprint density at radius 1 is 1.00 bits per heavy atom. The number of benzene rings is 2. The molecule has 1 unspecified atom stereocenters. The fraction of sp³-hybridized carbons (Fsp3) is 0.455. The average molecular weight is 353 g/mol. The van der Waals surface area contributed by atoms with Gasteiger partial charge in [0, 0.05) is 22.9 Å². The Hall–Kier alpha value is -1.45. The molecule has 0 bridgehead atoms. The highest BCUT2D eigenvalue weighted by Gasteiger charge is 2.27. The van der Waals surface area contributed by atoms with E-state index in [0.29, 0.717) is 0 Å². The summed E-state index contributed by atoms with van der Waals surface area (Å²) in [5.74, 6) is 0.759. The Kier molecular flexibility index (Phi) is 5.33. The van der Waals surface area contributed by atoms with E-state index in [2.05, 4.69) is 65.3 Å². The number of para-hydroxylation sites is 2. The van der Waals surface area contributed by atoms with Crippen LogP contribution in [0.1, 0.15) is 32.6 Å². The topological polar surface area (TPSA) is 6.48 Å². The monoisotopic (exact) mass is 352 g/mol. The van der Waals surface area contributed by atoms with Gasteiger partial charge in [-0.15, -0.1) is 0 Å². The molecule has 132 valence electrons. The Labute approximate surface area is 156 Å². The van der Waals surface area contributed by atoms with Crippen molar-refractivity contribution >= 4 is 23.1 Å². The van der Waals surface area contributed by atoms with Crippen LogP contribution >= 0.6 is 11.8 Å². The van der Waals surface area contributed by atoms with Gasteiger partial charge in [-0.05, 0) is 62.5 Å². The smallest absolute Gasteiger partial charge is 0.0552 e. The summed E-state index contributed by atoms with van der Waals surface area (Å²) in [4.78, 5) is 8.04. The van der Waals surface area contributed by atoms with Gasteiger partial charge in [0.2, 0.25) is 0 Å². The molecule has 2 aliphatic rings. The van der Waals surface area contributed by atoms with E-state index in [9.17, 15) is 0 Å². The van der Waals surface area contributed by atoms with Crippen molar-refractivity contribution in [2.75, 3.05) is 31.1 Å². The lowest BCUT2D eigenvalue weighted by atomic mass is 9.96. The van der Waals surface area contributed by atoms with Gasteiger partial charge in [-0.1, -0.05) is 49.4 Å². The molecular weight excluding hydrogens is 324 g/mol. The van der Waals surface area contributed by atoms with E-state index in [1.165, 1.54) is 66.5 Å². The summed E-state index contributed by atoms with van der Waals surface area (Å²) in [5, 5.41) is 0. The van der Waals surface area contributed by atoms with Gasteiger partial charge in [-0.25, -0.2) is 0 Å². The van der Waals surface area contributed by atoms with Crippen molar-refractivity contribution in [2.45, 2.75) is 42.4 Å². The second-order valence-corrected chi connectivity index (χ2v) is 8.39. The zero-order valence-corrected chi connectivity index (χ0v) is 16.0. The molecule has 2 nitrogen and oxygen atoms in total. The van der Waals surface area contributed by atoms with Gasteiger partial charge in [-0.3, -0.25) is 0 Å². The van der Waals surface area contributed by atoms with Gasteiger partial charge >= 0.3 is 0 Å². The molecule has 2 aliphatic heterocycles. The highest BCUT2D eigenvalue weighted by molar-refractivity contribution is 7.99. The molecule has 1 atom stereocenters. The summed E-state index contributed by atoms with van der Waals surface area (Å²) < 4.78 is 0. The standard InChI is InChI=1S/C22H28N2S/c1-2-3-14-23-15-8-9-18(16-23)17-24-19-10-4-6-12-21(19)25-22-13-7-5-11-20(22)24/h4-7,10-13,18H,2-3,8-9,14-17H2,1H3. The average Bonchev–Trinajstić information content (AvgIpc) is 2.66. The first-order valence-corrected chi connectivity index (χ1v) is 10.5. The third kappa shape index (κ3) is 3.73. The molecule has 4 rings (SSSR count). The van der Waals surface area contributed by atoms with Crippen molar-refractivity contribution in [3.63, 3.8) is 0 Å². The van der Waals surface area contributed by atoms with E-state index < -0.39 is 0 Å². The maximum Gasteiger partial charge on any atom is 0.0552 e. The molecule has 1 saturated heterocycles. The van der Waals surface area contributed by atoms with Crippen molar-refractivity contribution in [1.82, 2.24) is 4.90 Å². The number of fused-ring (bicyclic) bond motifs is 2. The number of unbranched alkanes of at least 4 members (excludes halogenated alkanes) is 1. The Morgan fingerprint density at radius 2 is 1.68 bits per heavy atom. The zero-order chi connectivity index (χ0) is 17.1. The maximum absolute atomic E-state index is 2.69. The highest BCUT2D eigenvalue weighted by Crippen LogP contribution is 2.48. The molecule has 0 aliphatic carbocycles. The molecule has 25 heavy (non-hydrogen) atoms. The van der Waals surface area contributed by atoms with Crippen molar-refractivity contribution in [3.8, 4) is 0 Å². The molecule has 2 aromatic carbocycles. The lowest BCUT2D eigenvalue weighted by Crippen LogP contribution is -2.40. The number of piperidine rings is 1. The molecule has 1 fully saturated rings. The third-order valence-electron chi connectivity index (χ3n) is 5.40. The van der Waals surface area contributed by atoms with Crippen molar-refractivity contribution in [1.29, 1.82) is 0 Å². The van der Waals surface area contributed by atoms with Gasteiger partial charge in [0.15, 0.2) is 0 Å². The first-order chi connectivity index (χ1) is 12.3. The van der Waals surface area contributed by atoms with E-state index >= 15 is 0 Å². The summed E-state index contributed by atoms with van der Waals surface area (Å²) in [6.07, 6.45) is 5.33. The van der Waals surface area contributed by atoms with Crippen molar-refractivity contribution in [3.05, 3.63) is 48.5 Å². The number of rotatable bonds is 5. The van der Waals surface area contributed by atoms with E-state index in [-0.39, 0.29) is 0 Å². The summed E-state index contributed by atoms with van der Waals surface area (Å²) in [6.45, 7) is 7.25. The van der Waals surface area contributed by atoms with Gasteiger partial charge in [0.05, 0.1) is 11.4 Å². The SMILES string of the molecule is CCCCN1CCCC(CN2c3ccccc3Sc3ccccc32)C1. The molecular formula is C22H28N2S. The molecule has 0 saturated carbocycles. The second kappa shape index (κ2) is 7.84. The van der Waals surface area contributed by atoms with Gasteiger partial charge in [0.1, 0.15) is 0 Å². The highest BCUT2D eigenvalue weighted by atomic mass is 32.2. The van der Waals surface area contributed by atoms with Crippen LogP contribution in [0.5, 0.6) is 0 Å². The second-order valence-electron chi connectivity index (χ2n) is 7.31. The van der Waals surface area contributed by atoms with Crippen LogP contribution in [0.25, 0.3) is 0 Å². The first kappa shape index (κ1) is 17.0. The fourth-order valence-corrected chi connectivity index (χ4v) is 5.22. The maximum atomic E-state index is 2.69. The van der Waals surface area contributed by atoms with Gasteiger partial charge < -0.3 is 9.80 Å². The van der Waals surface area contributed by atoms with Gasteiger partial charge in [-0.2, -0.15) is 0 Å². The largest absolute Gasteiger partial charge is 0.339 e. The molecule has 0 radical (unpaired) electrons. The molecule has 3 heteroatoms. The Bertz CT molecular complexity index is 669. The molecule has 0 aromatic heterocycles. The molecule has 2 aromatic rings. The molecule has 2 heterocycles. The van der Waals surface area contributed by atoms with Crippen LogP contribution in [0.4, 0.5) is 11.4 Å². The number of hydrogen-bond acceptors (Lipinski definition) is 3. The van der Waals surface area contributed by atoms with E-state index in [4.69, 9.17) is 0 Å². The van der Waals surface area contributed by atoms with Crippen LogP contribution in [-0.4, -0.2) is 31.1 Å². The van der Waals surface area contributed by atoms with Gasteiger partial charge in [0.25, 0.3) is 0 Å². The zero-order valence-electron chi connectivity index (χ0n) is 15.2. The minimum atomic E-state index is 0.759. The third-order valence-corrected chi connectivity index (χ3v) is 6.53. The Balaban J connectivity index is 1.56. The summed E-state index contributed by atoms with van der Waals surface area (Å²) >= 11 is 1.91. The minimum absolute atomic E-state index is 0.759. The van der Waals surface area contributed by atoms with Crippen LogP contribution in [-0.2, 0) is 0 Å². The van der Waals surface area contributed by atoms with Crippen LogP contribution < -0.4 is 4.90 Å². The molecule has 0 amide bonds. The first-order valence-electron chi connectivity index (χ1n) is 9.71. The fourth-order valence-electron chi connectivity index (χ4n) is 4.12. The lowest BCUT2D eigenvalue weighted by Gasteiger charge is -2.39. The summed E-state index contributed by atoms with van der Waals surface area (Å²) in [5.41, 5.74) is 2.77. The molecule has 0 spiro atoms. The quantitative estimate of drug-likeness (QED) is 0.671.